The number of halogens is 1. The Bertz CT molecular complexity index is 1180. The lowest BCUT2D eigenvalue weighted by Crippen LogP contribution is -2.18. The maximum absolute atomic E-state index is 6.07. The van der Waals surface area contributed by atoms with E-state index < -0.39 is 0 Å². The summed E-state index contributed by atoms with van der Waals surface area (Å²) < 4.78 is 16.4. The Kier molecular flexibility index (Phi) is 6.01. The smallest absolute Gasteiger partial charge is 0.203 e. The first-order valence-electron chi connectivity index (χ1n) is 9.67. The van der Waals surface area contributed by atoms with E-state index in [-0.39, 0.29) is 0 Å². The van der Waals surface area contributed by atoms with E-state index in [0.717, 1.165) is 33.7 Å². The number of benzene rings is 2. The summed E-state index contributed by atoms with van der Waals surface area (Å²) in [6.07, 6.45) is 1.83. The molecular weight excluding hydrogens is 418 g/mol. The van der Waals surface area contributed by atoms with Crippen LogP contribution in [0.15, 0.2) is 36.5 Å². The van der Waals surface area contributed by atoms with Crippen molar-refractivity contribution in [3.05, 3.63) is 52.9 Å². The maximum Gasteiger partial charge on any atom is 0.203 e. The molecule has 162 valence electrons. The molecule has 9 heteroatoms. The molecule has 2 aromatic carbocycles. The van der Waals surface area contributed by atoms with Crippen LogP contribution in [0.4, 0.5) is 0 Å². The highest BCUT2D eigenvalue weighted by Crippen LogP contribution is 2.41. The van der Waals surface area contributed by atoms with E-state index in [9.17, 15) is 0 Å². The number of methoxy groups -OCH3 is 3. The maximum atomic E-state index is 6.07. The molecule has 4 aromatic rings. The van der Waals surface area contributed by atoms with E-state index in [4.69, 9.17) is 25.8 Å². The molecule has 8 nitrogen and oxygen atoms in total. The van der Waals surface area contributed by atoms with E-state index in [1.54, 1.807) is 21.3 Å². The second-order valence-corrected chi connectivity index (χ2v) is 7.64. The van der Waals surface area contributed by atoms with Gasteiger partial charge in [-0.3, -0.25) is 10.00 Å². The van der Waals surface area contributed by atoms with Crippen LogP contribution in [0, 0.1) is 0 Å². The van der Waals surface area contributed by atoms with Gasteiger partial charge in [0, 0.05) is 22.7 Å². The van der Waals surface area contributed by atoms with Gasteiger partial charge in [-0.05, 0) is 37.4 Å². The van der Waals surface area contributed by atoms with E-state index in [1.807, 2.05) is 43.6 Å². The summed E-state index contributed by atoms with van der Waals surface area (Å²) in [7, 11) is 6.82. The number of nitrogens with zero attached hydrogens (tertiary/aromatic N) is 3. The lowest BCUT2D eigenvalue weighted by Gasteiger charge is -2.17. The first-order valence-corrected chi connectivity index (χ1v) is 10.1. The number of hydrogen-bond donors (Lipinski definition) is 2. The van der Waals surface area contributed by atoms with Gasteiger partial charge in [-0.25, -0.2) is 4.98 Å². The zero-order chi connectivity index (χ0) is 22.0. The van der Waals surface area contributed by atoms with Crippen LogP contribution in [0.3, 0.4) is 0 Å². The monoisotopic (exact) mass is 441 g/mol. The lowest BCUT2D eigenvalue weighted by atomic mass is 10.1. The standard InChI is InChI=1S/C22H24ClN5O3/c1-28(12-20-25-16-6-5-15(23)9-17(16)26-20)11-14-10-24-27-21(14)13-7-18(29-2)22(31-4)19(8-13)30-3/h5-10H,11-12H2,1-4H3,(H,24,27)(H,25,26). The van der Waals surface area contributed by atoms with E-state index in [1.165, 1.54) is 0 Å². The van der Waals surface area contributed by atoms with Gasteiger partial charge in [-0.2, -0.15) is 5.10 Å². The van der Waals surface area contributed by atoms with Gasteiger partial charge in [0.2, 0.25) is 5.75 Å². The Morgan fingerprint density at radius 3 is 2.42 bits per heavy atom. The van der Waals surface area contributed by atoms with E-state index in [2.05, 4.69) is 25.1 Å². The van der Waals surface area contributed by atoms with Crippen LogP contribution in [0.5, 0.6) is 17.2 Å². The van der Waals surface area contributed by atoms with Gasteiger partial charge in [0.15, 0.2) is 11.5 Å². The highest BCUT2D eigenvalue weighted by atomic mass is 35.5. The Morgan fingerprint density at radius 2 is 1.74 bits per heavy atom. The summed E-state index contributed by atoms with van der Waals surface area (Å²) in [5.41, 5.74) is 4.65. The van der Waals surface area contributed by atoms with Gasteiger partial charge in [-0.1, -0.05) is 11.6 Å². The van der Waals surface area contributed by atoms with Crippen molar-refractivity contribution in [3.63, 3.8) is 0 Å². The predicted molar refractivity (Wildman–Crippen MR) is 120 cm³/mol. The third-order valence-electron chi connectivity index (χ3n) is 5.02. The zero-order valence-corrected chi connectivity index (χ0v) is 18.6. The molecule has 0 saturated carbocycles. The largest absolute Gasteiger partial charge is 0.493 e. The molecule has 31 heavy (non-hydrogen) atoms. The van der Waals surface area contributed by atoms with Crippen molar-refractivity contribution in [1.29, 1.82) is 0 Å². The molecule has 0 unspecified atom stereocenters. The van der Waals surface area contributed by atoms with E-state index in [0.29, 0.717) is 35.4 Å². The molecule has 0 fully saturated rings. The number of aromatic nitrogens is 4. The van der Waals surface area contributed by atoms with Crippen molar-refractivity contribution < 1.29 is 14.2 Å². The third kappa shape index (κ3) is 4.30. The molecule has 0 aliphatic heterocycles. The van der Waals surface area contributed by atoms with Crippen molar-refractivity contribution in [1.82, 2.24) is 25.1 Å². The fourth-order valence-electron chi connectivity index (χ4n) is 3.62. The van der Waals surface area contributed by atoms with Crippen molar-refractivity contribution in [2.75, 3.05) is 28.4 Å². The highest BCUT2D eigenvalue weighted by molar-refractivity contribution is 6.31. The number of H-pyrrole nitrogens is 2. The van der Waals surface area contributed by atoms with Crippen LogP contribution in [0.2, 0.25) is 5.02 Å². The first-order chi connectivity index (χ1) is 15.0. The zero-order valence-electron chi connectivity index (χ0n) is 17.8. The molecule has 2 N–H and O–H groups in total. The average Bonchev–Trinajstić information content (AvgIpc) is 3.38. The van der Waals surface area contributed by atoms with Gasteiger partial charge in [0.1, 0.15) is 5.82 Å². The van der Waals surface area contributed by atoms with Crippen molar-refractivity contribution in [3.8, 4) is 28.5 Å². The summed E-state index contributed by atoms with van der Waals surface area (Å²) in [5.74, 6) is 2.60. The van der Waals surface area contributed by atoms with Crippen LogP contribution in [0.1, 0.15) is 11.4 Å². The van der Waals surface area contributed by atoms with Gasteiger partial charge in [-0.15, -0.1) is 0 Å². The summed E-state index contributed by atoms with van der Waals surface area (Å²) >= 11 is 6.07. The summed E-state index contributed by atoms with van der Waals surface area (Å²) in [6, 6.07) is 9.44. The minimum Gasteiger partial charge on any atom is -0.493 e. The highest BCUT2D eigenvalue weighted by Gasteiger charge is 2.18. The molecule has 2 heterocycles. The Morgan fingerprint density at radius 1 is 1.00 bits per heavy atom. The molecule has 4 rings (SSSR count). The summed E-state index contributed by atoms with van der Waals surface area (Å²) in [6.45, 7) is 1.31. The molecule has 0 aliphatic carbocycles. The Hall–Kier alpha value is -3.23. The fraction of sp³-hybridized carbons (Fsp3) is 0.273. The number of fused-ring (bicyclic) bond motifs is 1. The Labute approximate surface area is 185 Å². The van der Waals surface area contributed by atoms with Crippen LogP contribution in [-0.2, 0) is 13.1 Å². The van der Waals surface area contributed by atoms with Crippen LogP contribution in [0.25, 0.3) is 22.3 Å². The molecule has 0 saturated heterocycles. The third-order valence-corrected chi connectivity index (χ3v) is 5.26. The fourth-order valence-corrected chi connectivity index (χ4v) is 3.79. The van der Waals surface area contributed by atoms with Gasteiger partial charge in [0.25, 0.3) is 0 Å². The van der Waals surface area contributed by atoms with Crippen molar-refractivity contribution in [2.24, 2.45) is 0 Å². The van der Waals surface area contributed by atoms with Crippen LogP contribution in [-0.4, -0.2) is 53.4 Å². The molecule has 0 aliphatic rings. The lowest BCUT2D eigenvalue weighted by molar-refractivity contribution is 0.312. The molecule has 0 atom stereocenters. The number of hydrogen-bond acceptors (Lipinski definition) is 6. The Balaban J connectivity index is 1.56. The van der Waals surface area contributed by atoms with Crippen molar-refractivity contribution in [2.45, 2.75) is 13.1 Å². The molecule has 0 radical (unpaired) electrons. The number of nitrogens with one attached hydrogen (secondary N) is 2. The molecule has 0 amide bonds. The topological polar surface area (TPSA) is 88.3 Å². The van der Waals surface area contributed by atoms with E-state index >= 15 is 0 Å². The van der Waals surface area contributed by atoms with Gasteiger partial charge in [0.05, 0.1) is 50.8 Å². The molecular formula is C22H24ClN5O3. The second kappa shape index (κ2) is 8.87. The van der Waals surface area contributed by atoms with Gasteiger partial charge >= 0.3 is 0 Å². The number of ether oxygens (including phenoxy) is 3. The minimum absolute atomic E-state index is 0.553. The quantitative estimate of drug-likeness (QED) is 0.424. The number of aromatic amines is 2. The minimum atomic E-state index is 0.553. The average molecular weight is 442 g/mol. The molecule has 2 aromatic heterocycles. The second-order valence-electron chi connectivity index (χ2n) is 7.20. The summed E-state index contributed by atoms with van der Waals surface area (Å²) in [5, 5.41) is 8.03. The first kappa shape index (κ1) is 21.0. The van der Waals surface area contributed by atoms with Crippen LogP contribution < -0.4 is 14.2 Å². The van der Waals surface area contributed by atoms with Crippen molar-refractivity contribution >= 4 is 22.6 Å². The van der Waals surface area contributed by atoms with Gasteiger partial charge < -0.3 is 19.2 Å². The van der Waals surface area contributed by atoms with Crippen LogP contribution >= 0.6 is 11.6 Å². The SMILES string of the molecule is COc1cc(-c2[nH]ncc2CN(C)Cc2nc3ccc(Cl)cc3[nH]2)cc(OC)c1OC. The molecule has 0 spiro atoms. The predicted octanol–water partition coefficient (Wildman–Crippen LogP) is 4.26. The normalized spacial score (nSPS) is 11.3. The number of imidazole rings is 1. The molecule has 0 bridgehead atoms. The number of rotatable bonds is 8. The summed E-state index contributed by atoms with van der Waals surface area (Å²) in [4.78, 5) is 10.1.